The van der Waals surface area contributed by atoms with Crippen molar-refractivity contribution in [2.45, 2.75) is 44.6 Å². The zero-order valence-corrected chi connectivity index (χ0v) is 18.9. The SMILES string of the molecule is Cc1ccccc1S(=O)(=O)Nc1cccc(C(=O)N2CCCC(C(=O)NC(C)C)C2)c1. The molecule has 31 heavy (non-hydrogen) atoms. The molecule has 0 spiro atoms. The van der Waals surface area contributed by atoms with Crippen LogP contribution in [0, 0.1) is 12.8 Å². The Balaban J connectivity index is 1.74. The second-order valence-electron chi connectivity index (χ2n) is 8.21. The van der Waals surface area contributed by atoms with Crippen molar-refractivity contribution in [2.75, 3.05) is 17.8 Å². The minimum absolute atomic E-state index is 0.0350. The Kier molecular flexibility index (Phi) is 7.00. The third-order valence-corrected chi connectivity index (χ3v) is 6.80. The number of likely N-dealkylation sites (tertiary alicyclic amines) is 1. The summed E-state index contributed by atoms with van der Waals surface area (Å²) < 4.78 is 28.1. The summed E-state index contributed by atoms with van der Waals surface area (Å²) in [5.41, 5.74) is 1.34. The fraction of sp³-hybridized carbons (Fsp3) is 0.391. The van der Waals surface area contributed by atoms with Gasteiger partial charge in [0, 0.05) is 30.4 Å². The minimum Gasteiger partial charge on any atom is -0.354 e. The number of carbonyl (C=O) groups excluding carboxylic acids is 2. The molecule has 1 atom stereocenters. The third-order valence-electron chi connectivity index (χ3n) is 5.26. The quantitative estimate of drug-likeness (QED) is 0.717. The van der Waals surface area contributed by atoms with Gasteiger partial charge in [-0.15, -0.1) is 0 Å². The fourth-order valence-electron chi connectivity index (χ4n) is 3.74. The molecule has 0 saturated carbocycles. The topological polar surface area (TPSA) is 95.6 Å². The summed E-state index contributed by atoms with van der Waals surface area (Å²) in [6.45, 7) is 6.48. The molecule has 166 valence electrons. The van der Waals surface area contributed by atoms with Gasteiger partial charge < -0.3 is 10.2 Å². The number of aryl methyl sites for hydroxylation is 1. The van der Waals surface area contributed by atoms with E-state index in [1.807, 2.05) is 13.8 Å². The Morgan fingerprint density at radius 2 is 1.84 bits per heavy atom. The normalized spacial score (nSPS) is 16.8. The molecule has 0 aliphatic carbocycles. The van der Waals surface area contributed by atoms with E-state index in [4.69, 9.17) is 0 Å². The molecule has 1 saturated heterocycles. The first-order valence-electron chi connectivity index (χ1n) is 10.5. The predicted octanol–water partition coefficient (Wildman–Crippen LogP) is 3.17. The van der Waals surface area contributed by atoms with E-state index in [-0.39, 0.29) is 28.7 Å². The fourth-order valence-corrected chi connectivity index (χ4v) is 5.04. The number of hydrogen-bond donors (Lipinski definition) is 2. The molecule has 3 rings (SSSR count). The zero-order chi connectivity index (χ0) is 22.6. The van der Waals surface area contributed by atoms with Crippen LogP contribution in [0.1, 0.15) is 42.6 Å². The van der Waals surface area contributed by atoms with Crippen molar-refractivity contribution in [3.63, 3.8) is 0 Å². The van der Waals surface area contributed by atoms with Gasteiger partial charge in [-0.3, -0.25) is 14.3 Å². The number of nitrogens with zero attached hydrogens (tertiary/aromatic N) is 1. The van der Waals surface area contributed by atoms with Gasteiger partial charge in [0.25, 0.3) is 15.9 Å². The highest BCUT2D eigenvalue weighted by molar-refractivity contribution is 7.92. The second-order valence-corrected chi connectivity index (χ2v) is 9.86. The first kappa shape index (κ1) is 22.8. The number of amides is 2. The molecule has 2 N–H and O–H groups in total. The van der Waals surface area contributed by atoms with Gasteiger partial charge in [-0.25, -0.2) is 8.42 Å². The molecule has 8 heteroatoms. The highest BCUT2D eigenvalue weighted by atomic mass is 32.2. The van der Waals surface area contributed by atoms with E-state index < -0.39 is 10.0 Å². The van der Waals surface area contributed by atoms with Crippen LogP contribution in [0.25, 0.3) is 0 Å². The van der Waals surface area contributed by atoms with Crippen LogP contribution in [-0.2, 0) is 14.8 Å². The second kappa shape index (κ2) is 9.51. The van der Waals surface area contributed by atoms with Crippen LogP contribution in [-0.4, -0.2) is 44.3 Å². The average molecular weight is 444 g/mol. The highest BCUT2D eigenvalue weighted by Crippen LogP contribution is 2.23. The Morgan fingerprint density at radius 1 is 1.10 bits per heavy atom. The van der Waals surface area contributed by atoms with Gasteiger partial charge in [0.05, 0.1) is 10.8 Å². The molecule has 2 aromatic carbocycles. The molecule has 1 aliphatic rings. The Morgan fingerprint density at radius 3 is 2.55 bits per heavy atom. The standard InChI is InChI=1S/C23H29N3O4S/c1-16(2)24-22(27)19-10-7-13-26(15-19)23(28)18-9-6-11-20(14-18)25-31(29,30)21-12-5-4-8-17(21)3/h4-6,8-9,11-12,14,16,19,25H,7,10,13,15H2,1-3H3,(H,24,27). The summed E-state index contributed by atoms with van der Waals surface area (Å²) in [5.74, 6) is -0.478. The van der Waals surface area contributed by atoms with Crippen molar-refractivity contribution in [3.8, 4) is 0 Å². The van der Waals surface area contributed by atoms with Crippen LogP contribution in [0.2, 0.25) is 0 Å². The van der Waals surface area contributed by atoms with Crippen LogP contribution < -0.4 is 10.0 Å². The maximum atomic E-state index is 13.0. The molecule has 0 bridgehead atoms. The van der Waals surface area contributed by atoms with Crippen molar-refractivity contribution >= 4 is 27.5 Å². The van der Waals surface area contributed by atoms with Gasteiger partial charge in [0.2, 0.25) is 5.91 Å². The van der Waals surface area contributed by atoms with Gasteiger partial charge >= 0.3 is 0 Å². The van der Waals surface area contributed by atoms with E-state index >= 15 is 0 Å². The number of benzene rings is 2. The highest BCUT2D eigenvalue weighted by Gasteiger charge is 2.29. The van der Waals surface area contributed by atoms with Crippen molar-refractivity contribution in [3.05, 3.63) is 59.7 Å². The maximum absolute atomic E-state index is 13.0. The van der Waals surface area contributed by atoms with Crippen molar-refractivity contribution in [1.29, 1.82) is 0 Å². The molecule has 0 aromatic heterocycles. The Hall–Kier alpha value is -2.87. The molecular weight excluding hydrogens is 414 g/mol. The van der Waals surface area contributed by atoms with E-state index in [1.54, 1.807) is 54.3 Å². The lowest BCUT2D eigenvalue weighted by Gasteiger charge is -2.32. The van der Waals surface area contributed by atoms with Gasteiger partial charge in [-0.1, -0.05) is 24.3 Å². The van der Waals surface area contributed by atoms with Gasteiger partial charge in [-0.2, -0.15) is 0 Å². The first-order valence-corrected chi connectivity index (χ1v) is 11.9. The summed E-state index contributed by atoms with van der Waals surface area (Å²) in [6.07, 6.45) is 1.50. The van der Waals surface area contributed by atoms with Crippen LogP contribution in [0.3, 0.4) is 0 Å². The molecule has 1 unspecified atom stereocenters. The zero-order valence-electron chi connectivity index (χ0n) is 18.1. The van der Waals surface area contributed by atoms with Gasteiger partial charge in [0.1, 0.15) is 0 Å². The third kappa shape index (κ3) is 5.64. The smallest absolute Gasteiger partial charge is 0.262 e. The monoisotopic (exact) mass is 443 g/mol. The number of rotatable bonds is 6. The van der Waals surface area contributed by atoms with Crippen LogP contribution in [0.5, 0.6) is 0 Å². The van der Waals surface area contributed by atoms with Gasteiger partial charge in [0.15, 0.2) is 0 Å². The number of carbonyl (C=O) groups is 2. The predicted molar refractivity (Wildman–Crippen MR) is 120 cm³/mol. The lowest BCUT2D eigenvalue weighted by atomic mass is 9.96. The number of piperidine rings is 1. The van der Waals surface area contributed by atoms with E-state index in [0.717, 1.165) is 12.8 Å². The molecule has 2 aromatic rings. The molecule has 0 radical (unpaired) electrons. The summed E-state index contributed by atoms with van der Waals surface area (Å²) >= 11 is 0. The van der Waals surface area contributed by atoms with Gasteiger partial charge in [-0.05, 0) is 63.4 Å². The molecule has 2 amide bonds. The number of sulfonamides is 1. The van der Waals surface area contributed by atoms with E-state index in [9.17, 15) is 18.0 Å². The largest absolute Gasteiger partial charge is 0.354 e. The van der Waals surface area contributed by atoms with Crippen molar-refractivity contribution in [1.82, 2.24) is 10.2 Å². The van der Waals surface area contributed by atoms with E-state index in [2.05, 4.69) is 10.0 Å². The molecule has 7 nitrogen and oxygen atoms in total. The van der Waals surface area contributed by atoms with E-state index in [1.165, 1.54) is 6.07 Å². The number of hydrogen-bond acceptors (Lipinski definition) is 4. The Labute approximate surface area is 183 Å². The molecule has 1 aliphatic heterocycles. The minimum atomic E-state index is -3.77. The summed E-state index contributed by atoms with van der Waals surface area (Å²) in [6, 6.07) is 13.2. The molecular formula is C23H29N3O4S. The number of anilines is 1. The van der Waals surface area contributed by atoms with Crippen molar-refractivity contribution < 1.29 is 18.0 Å². The van der Waals surface area contributed by atoms with Crippen molar-refractivity contribution in [2.24, 2.45) is 5.92 Å². The summed E-state index contributed by atoms with van der Waals surface area (Å²) in [4.78, 5) is 27.3. The van der Waals surface area contributed by atoms with Crippen LogP contribution in [0.15, 0.2) is 53.4 Å². The number of nitrogens with one attached hydrogen (secondary N) is 2. The van der Waals surface area contributed by atoms with Crippen LogP contribution in [0.4, 0.5) is 5.69 Å². The lowest BCUT2D eigenvalue weighted by molar-refractivity contribution is -0.126. The van der Waals surface area contributed by atoms with E-state index in [0.29, 0.717) is 29.9 Å². The first-order chi connectivity index (χ1) is 14.7. The van der Waals surface area contributed by atoms with Crippen LogP contribution >= 0.6 is 0 Å². The maximum Gasteiger partial charge on any atom is 0.262 e. The summed E-state index contributed by atoms with van der Waals surface area (Å²) in [5, 5.41) is 2.91. The molecule has 1 heterocycles. The Bertz CT molecular complexity index is 1070. The average Bonchev–Trinajstić information content (AvgIpc) is 2.73. The molecule has 1 fully saturated rings. The lowest BCUT2D eigenvalue weighted by Crippen LogP contribution is -2.46. The summed E-state index contributed by atoms with van der Waals surface area (Å²) in [7, 11) is -3.77.